The molecule has 1 aromatic carbocycles. The van der Waals surface area contributed by atoms with Crippen LogP contribution in [0, 0.1) is 6.92 Å². The topological polar surface area (TPSA) is 54.0 Å². The second-order valence-corrected chi connectivity index (χ2v) is 5.12. The molecule has 18 heavy (non-hydrogen) atoms. The molecule has 0 heterocycles. The standard InChI is InChI=1S/C12H19O5P/c1-5-15-18(13,16-6-2)17-11-8-7-10(3)9-12(11)14-4/h7-9H,5-6H2,1-4H3. The first-order valence-electron chi connectivity index (χ1n) is 5.78. The molecule has 0 fully saturated rings. The monoisotopic (exact) mass is 274 g/mol. The number of methoxy groups -OCH3 is 1. The molecule has 0 amide bonds. The number of benzene rings is 1. The minimum atomic E-state index is -3.58. The van der Waals surface area contributed by atoms with Gasteiger partial charge in [0, 0.05) is 0 Å². The lowest BCUT2D eigenvalue weighted by Gasteiger charge is -2.18. The lowest BCUT2D eigenvalue weighted by Crippen LogP contribution is -2.03. The minimum Gasteiger partial charge on any atom is -0.493 e. The van der Waals surface area contributed by atoms with Gasteiger partial charge in [0.2, 0.25) is 0 Å². The van der Waals surface area contributed by atoms with Crippen molar-refractivity contribution in [2.45, 2.75) is 20.8 Å². The zero-order valence-electron chi connectivity index (χ0n) is 11.1. The summed E-state index contributed by atoms with van der Waals surface area (Å²) in [5, 5.41) is 0. The van der Waals surface area contributed by atoms with Gasteiger partial charge in [-0.2, -0.15) is 0 Å². The molecule has 0 unspecified atom stereocenters. The van der Waals surface area contributed by atoms with Gasteiger partial charge in [-0.3, -0.25) is 9.05 Å². The van der Waals surface area contributed by atoms with E-state index in [9.17, 15) is 4.57 Å². The van der Waals surface area contributed by atoms with E-state index in [2.05, 4.69) is 0 Å². The van der Waals surface area contributed by atoms with Gasteiger partial charge in [-0.05, 0) is 38.5 Å². The van der Waals surface area contributed by atoms with Crippen molar-refractivity contribution in [2.75, 3.05) is 20.3 Å². The highest BCUT2D eigenvalue weighted by atomic mass is 31.2. The molecular weight excluding hydrogens is 255 g/mol. The third-order valence-corrected chi connectivity index (χ3v) is 3.67. The van der Waals surface area contributed by atoms with Crippen LogP contribution in [0.2, 0.25) is 0 Å². The Labute approximate surface area is 108 Å². The molecule has 0 saturated heterocycles. The maximum Gasteiger partial charge on any atom is 0.530 e. The molecule has 0 N–H and O–H groups in total. The molecule has 1 aromatic rings. The maximum absolute atomic E-state index is 12.2. The summed E-state index contributed by atoms with van der Waals surface area (Å²) >= 11 is 0. The summed E-state index contributed by atoms with van der Waals surface area (Å²) in [7, 11) is -2.05. The van der Waals surface area contributed by atoms with Crippen LogP contribution in [0.3, 0.4) is 0 Å². The van der Waals surface area contributed by atoms with E-state index in [0.29, 0.717) is 11.5 Å². The summed E-state index contributed by atoms with van der Waals surface area (Å²) in [5.41, 5.74) is 1.02. The van der Waals surface area contributed by atoms with Gasteiger partial charge in [-0.15, -0.1) is 0 Å². The average Bonchev–Trinajstić information content (AvgIpc) is 2.32. The Bertz CT molecular complexity index is 422. The van der Waals surface area contributed by atoms with Gasteiger partial charge in [0.15, 0.2) is 11.5 Å². The Morgan fingerprint density at radius 3 is 2.22 bits per heavy atom. The number of ether oxygens (including phenoxy) is 1. The van der Waals surface area contributed by atoms with Crippen molar-refractivity contribution in [1.82, 2.24) is 0 Å². The van der Waals surface area contributed by atoms with E-state index < -0.39 is 7.82 Å². The Morgan fingerprint density at radius 1 is 1.11 bits per heavy atom. The average molecular weight is 274 g/mol. The van der Waals surface area contributed by atoms with Crippen molar-refractivity contribution in [3.8, 4) is 11.5 Å². The fourth-order valence-corrected chi connectivity index (χ4v) is 2.58. The van der Waals surface area contributed by atoms with Crippen molar-refractivity contribution < 1.29 is 22.9 Å². The number of hydrogen-bond donors (Lipinski definition) is 0. The summed E-state index contributed by atoms with van der Waals surface area (Å²) in [6.07, 6.45) is 0. The van der Waals surface area contributed by atoms with Crippen LogP contribution in [0.5, 0.6) is 11.5 Å². The molecule has 0 aromatic heterocycles. The Morgan fingerprint density at radius 2 is 1.72 bits per heavy atom. The van der Waals surface area contributed by atoms with Crippen LogP contribution in [0.15, 0.2) is 18.2 Å². The van der Waals surface area contributed by atoms with Crippen LogP contribution < -0.4 is 9.26 Å². The van der Waals surface area contributed by atoms with Gasteiger partial charge < -0.3 is 9.26 Å². The number of hydrogen-bond acceptors (Lipinski definition) is 5. The van der Waals surface area contributed by atoms with Crippen molar-refractivity contribution in [3.63, 3.8) is 0 Å². The van der Waals surface area contributed by atoms with E-state index in [1.54, 1.807) is 26.0 Å². The number of aryl methyl sites for hydroxylation is 1. The Kier molecular flexibility index (Phi) is 5.66. The van der Waals surface area contributed by atoms with Crippen LogP contribution in [-0.2, 0) is 13.6 Å². The molecule has 0 spiro atoms. The van der Waals surface area contributed by atoms with E-state index in [1.165, 1.54) is 7.11 Å². The molecule has 0 aliphatic rings. The fourth-order valence-electron chi connectivity index (χ4n) is 1.38. The minimum absolute atomic E-state index is 0.242. The van der Waals surface area contributed by atoms with Crippen molar-refractivity contribution in [3.05, 3.63) is 23.8 Å². The Balaban J connectivity index is 2.96. The van der Waals surface area contributed by atoms with E-state index in [0.717, 1.165) is 5.56 Å². The first-order chi connectivity index (χ1) is 8.54. The molecule has 0 atom stereocenters. The highest BCUT2D eigenvalue weighted by Gasteiger charge is 2.28. The Hall–Kier alpha value is -1.03. The largest absolute Gasteiger partial charge is 0.530 e. The van der Waals surface area contributed by atoms with Crippen LogP contribution in [0.25, 0.3) is 0 Å². The zero-order chi connectivity index (χ0) is 13.6. The highest BCUT2D eigenvalue weighted by Crippen LogP contribution is 2.51. The molecule has 0 saturated carbocycles. The van der Waals surface area contributed by atoms with Crippen molar-refractivity contribution in [2.24, 2.45) is 0 Å². The third kappa shape index (κ3) is 4.02. The molecule has 0 radical (unpaired) electrons. The second kappa shape index (κ2) is 6.78. The summed E-state index contributed by atoms with van der Waals surface area (Å²) in [5.74, 6) is 0.836. The summed E-state index contributed by atoms with van der Waals surface area (Å²) in [6.45, 7) is 5.86. The molecule has 6 heteroatoms. The summed E-state index contributed by atoms with van der Waals surface area (Å²) < 4.78 is 32.8. The quantitative estimate of drug-likeness (QED) is 0.711. The van der Waals surface area contributed by atoms with E-state index in [1.807, 2.05) is 13.0 Å². The fraction of sp³-hybridized carbons (Fsp3) is 0.500. The highest BCUT2D eigenvalue weighted by molar-refractivity contribution is 7.48. The molecular formula is C12H19O5P. The predicted octanol–water partition coefficient (Wildman–Crippen LogP) is 3.56. The number of rotatable bonds is 7. The maximum atomic E-state index is 12.2. The van der Waals surface area contributed by atoms with Gasteiger partial charge in [0.1, 0.15) is 0 Å². The second-order valence-electron chi connectivity index (χ2n) is 3.53. The summed E-state index contributed by atoms with van der Waals surface area (Å²) in [4.78, 5) is 0. The van der Waals surface area contributed by atoms with Crippen LogP contribution in [0.1, 0.15) is 19.4 Å². The number of phosphoric ester groups is 1. The normalized spacial score (nSPS) is 11.3. The van der Waals surface area contributed by atoms with Gasteiger partial charge in [0.05, 0.1) is 20.3 Å². The van der Waals surface area contributed by atoms with Gasteiger partial charge >= 0.3 is 7.82 Å². The third-order valence-electron chi connectivity index (χ3n) is 2.10. The SMILES string of the molecule is CCOP(=O)(OCC)Oc1ccc(C)cc1OC. The van der Waals surface area contributed by atoms with Gasteiger partial charge in [-0.25, -0.2) is 4.57 Å². The van der Waals surface area contributed by atoms with E-state index >= 15 is 0 Å². The molecule has 102 valence electrons. The van der Waals surface area contributed by atoms with Gasteiger partial charge in [-0.1, -0.05) is 6.07 Å². The number of phosphoric acid groups is 1. The first-order valence-corrected chi connectivity index (χ1v) is 7.24. The molecule has 0 aliphatic heterocycles. The zero-order valence-corrected chi connectivity index (χ0v) is 12.0. The van der Waals surface area contributed by atoms with E-state index in [4.69, 9.17) is 18.3 Å². The smallest absolute Gasteiger partial charge is 0.493 e. The molecule has 5 nitrogen and oxygen atoms in total. The van der Waals surface area contributed by atoms with Crippen LogP contribution >= 0.6 is 7.82 Å². The van der Waals surface area contributed by atoms with Crippen LogP contribution in [0.4, 0.5) is 0 Å². The molecule has 0 bridgehead atoms. The van der Waals surface area contributed by atoms with Crippen LogP contribution in [-0.4, -0.2) is 20.3 Å². The molecule has 0 aliphatic carbocycles. The van der Waals surface area contributed by atoms with Crippen molar-refractivity contribution in [1.29, 1.82) is 0 Å². The van der Waals surface area contributed by atoms with Gasteiger partial charge in [0.25, 0.3) is 0 Å². The first kappa shape index (κ1) is 15.0. The summed E-state index contributed by atoms with van der Waals surface area (Å²) in [6, 6.07) is 5.30. The van der Waals surface area contributed by atoms with Crippen molar-refractivity contribution >= 4 is 7.82 Å². The lowest BCUT2D eigenvalue weighted by molar-refractivity contribution is 0.166. The molecule has 1 rings (SSSR count). The predicted molar refractivity (Wildman–Crippen MR) is 69.2 cm³/mol. The van der Waals surface area contributed by atoms with E-state index in [-0.39, 0.29) is 13.2 Å². The lowest BCUT2D eigenvalue weighted by atomic mass is 10.2.